The van der Waals surface area contributed by atoms with Crippen molar-refractivity contribution < 1.29 is 19.1 Å². The van der Waals surface area contributed by atoms with Crippen molar-refractivity contribution in [2.45, 2.75) is 131 Å². The van der Waals surface area contributed by atoms with Crippen molar-refractivity contribution in [2.24, 2.45) is 5.92 Å². The maximum Gasteiger partial charge on any atom is 0.408 e. The van der Waals surface area contributed by atoms with Crippen LogP contribution in [0.4, 0.5) is 4.79 Å². The fraction of sp³-hybridized carbons (Fsp3) is 0.700. The van der Waals surface area contributed by atoms with E-state index in [1.807, 2.05) is 52.8 Å². The predicted molar refractivity (Wildman–Crippen MR) is 148 cm³/mol. The van der Waals surface area contributed by atoms with Gasteiger partial charge in [-0.05, 0) is 89.8 Å². The van der Waals surface area contributed by atoms with Crippen molar-refractivity contribution in [1.29, 1.82) is 0 Å². The van der Waals surface area contributed by atoms with Crippen LogP contribution in [0.25, 0.3) is 0 Å². The van der Waals surface area contributed by atoms with E-state index in [1.54, 1.807) is 25.7 Å². The topological polar surface area (TPSA) is 87.7 Å². The number of amides is 3. The number of hydrogen-bond donors (Lipinski definition) is 2. The van der Waals surface area contributed by atoms with Crippen molar-refractivity contribution in [3.63, 3.8) is 0 Å². The molecule has 1 saturated carbocycles. The Morgan fingerprint density at radius 3 is 2.19 bits per heavy atom. The minimum Gasteiger partial charge on any atom is -0.444 e. The number of ether oxygens (including phenoxy) is 1. The average molecular weight is 516 g/mol. The SMILES string of the molecule is CCCC(C)NC(=O)C(c1ccc(C)c(C)c1)N(C(=O)C(NC(=O)OC(C)(C)C)C(C)CC)C1CCC1. The molecule has 0 heterocycles. The first-order valence-electron chi connectivity index (χ1n) is 14.0. The molecule has 2 rings (SSSR count). The van der Waals surface area contributed by atoms with Crippen molar-refractivity contribution in [1.82, 2.24) is 15.5 Å². The molecule has 0 aromatic heterocycles. The fourth-order valence-corrected chi connectivity index (χ4v) is 4.66. The molecule has 0 aliphatic heterocycles. The van der Waals surface area contributed by atoms with Crippen molar-refractivity contribution in [2.75, 3.05) is 0 Å². The molecule has 2 N–H and O–H groups in total. The lowest BCUT2D eigenvalue weighted by Gasteiger charge is -2.44. The van der Waals surface area contributed by atoms with Crippen molar-refractivity contribution >= 4 is 17.9 Å². The van der Waals surface area contributed by atoms with E-state index in [2.05, 4.69) is 17.6 Å². The number of alkyl carbamates (subject to hydrolysis) is 1. The van der Waals surface area contributed by atoms with Crippen LogP contribution in [-0.4, -0.2) is 46.5 Å². The zero-order valence-electron chi connectivity index (χ0n) is 24.4. The van der Waals surface area contributed by atoms with Crippen LogP contribution in [0, 0.1) is 19.8 Å². The van der Waals surface area contributed by atoms with Gasteiger partial charge in [0.2, 0.25) is 11.8 Å². The van der Waals surface area contributed by atoms with E-state index in [9.17, 15) is 14.4 Å². The summed E-state index contributed by atoms with van der Waals surface area (Å²) in [7, 11) is 0. The van der Waals surface area contributed by atoms with E-state index in [0.717, 1.165) is 48.8 Å². The Labute approximate surface area is 224 Å². The van der Waals surface area contributed by atoms with E-state index in [0.29, 0.717) is 6.42 Å². The molecule has 0 bridgehead atoms. The van der Waals surface area contributed by atoms with Gasteiger partial charge >= 0.3 is 6.09 Å². The van der Waals surface area contributed by atoms with Crippen LogP contribution in [-0.2, 0) is 14.3 Å². The lowest BCUT2D eigenvalue weighted by molar-refractivity contribution is -0.148. The normalized spacial score (nSPS) is 17.1. The molecule has 37 heavy (non-hydrogen) atoms. The molecule has 0 saturated heterocycles. The highest BCUT2D eigenvalue weighted by molar-refractivity contribution is 5.92. The second-order valence-corrected chi connectivity index (χ2v) is 11.8. The van der Waals surface area contributed by atoms with Gasteiger partial charge in [0, 0.05) is 12.1 Å². The van der Waals surface area contributed by atoms with Crippen LogP contribution < -0.4 is 10.6 Å². The van der Waals surface area contributed by atoms with Gasteiger partial charge in [-0.15, -0.1) is 0 Å². The summed E-state index contributed by atoms with van der Waals surface area (Å²) in [6.07, 6.45) is 4.57. The van der Waals surface area contributed by atoms with E-state index in [-0.39, 0.29) is 29.8 Å². The Morgan fingerprint density at radius 1 is 1.05 bits per heavy atom. The van der Waals surface area contributed by atoms with Gasteiger partial charge in [0.15, 0.2) is 0 Å². The molecule has 7 heteroatoms. The highest BCUT2D eigenvalue weighted by Gasteiger charge is 2.43. The van der Waals surface area contributed by atoms with E-state index in [4.69, 9.17) is 4.74 Å². The fourth-order valence-electron chi connectivity index (χ4n) is 4.66. The van der Waals surface area contributed by atoms with Gasteiger partial charge in [-0.25, -0.2) is 4.79 Å². The molecular formula is C30H49N3O4. The zero-order valence-corrected chi connectivity index (χ0v) is 24.4. The van der Waals surface area contributed by atoms with Gasteiger partial charge in [0.1, 0.15) is 17.7 Å². The van der Waals surface area contributed by atoms with Crippen LogP contribution in [0.15, 0.2) is 18.2 Å². The number of carbonyl (C=O) groups excluding carboxylic acids is 3. The summed E-state index contributed by atoms with van der Waals surface area (Å²) in [5.41, 5.74) is 2.32. The minimum atomic E-state index is -0.796. The van der Waals surface area contributed by atoms with Crippen molar-refractivity contribution in [3.8, 4) is 0 Å². The van der Waals surface area contributed by atoms with Gasteiger partial charge < -0.3 is 20.3 Å². The number of nitrogens with zero attached hydrogens (tertiary/aromatic N) is 1. The molecule has 1 aromatic carbocycles. The van der Waals surface area contributed by atoms with Gasteiger partial charge in [0.05, 0.1) is 0 Å². The molecule has 1 fully saturated rings. The smallest absolute Gasteiger partial charge is 0.408 e. The van der Waals surface area contributed by atoms with Crippen molar-refractivity contribution in [3.05, 3.63) is 34.9 Å². The van der Waals surface area contributed by atoms with Gasteiger partial charge in [-0.2, -0.15) is 0 Å². The zero-order chi connectivity index (χ0) is 27.9. The molecule has 4 atom stereocenters. The predicted octanol–water partition coefficient (Wildman–Crippen LogP) is 5.97. The van der Waals surface area contributed by atoms with E-state index >= 15 is 0 Å². The van der Waals surface area contributed by atoms with Crippen LogP contribution in [0.2, 0.25) is 0 Å². The first kappa shape index (κ1) is 30.7. The third kappa shape index (κ3) is 8.47. The number of carbonyl (C=O) groups is 3. The van der Waals surface area contributed by atoms with Crippen LogP contribution in [0.5, 0.6) is 0 Å². The number of hydrogen-bond acceptors (Lipinski definition) is 4. The highest BCUT2D eigenvalue weighted by Crippen LogP contribution is 2.35. The third-order valence-corrected chi connectivity index (χ3v) is 7.36. The largest absolute Gasteiger partial charge is 0.444 e. The van der Waals surface area contributed by atoms with Gasteiger partial charge in [-0.3, -0.25) is 9.59 Å². The quantitative estimate of drug-likeness (QED) is 0.380. The molecule has 0 radical (unpaired) electrons. The van der Waals surface area contributed by atoms with E-state index in [1.165, 1.54) is 0 Å². The lowest BCUT2D eigenvalue weighted by Crippen LogP contribution is -2.59. The van der Waals surface area contributed by atoms with Gasteiger partial charge in [-0.1, -0.05) is 51.8 Å². The molecule has 208 valence electrons. The number of nitrogens with one attached hydrogen (secondary N) is 2. The second-order valence-electron chi connectivity index (χ2n) is 11.8. The molecule has 7 nitrogen and oxygen atoms in total. The molecule has 0 spiro atoms. The summed E-state index contributed by atoms with van der Waals surface area (Å²) >= 11 is 0. The Morgan fingerprint density at radius 2 is 1.70 bits per heavy atom. The Kier molecular flexibility index (Phi) is 11.0. The number of rotatable bonds is 11. The van der Waals surface area contributed by atoms with Gasteiger partial charge in [0.25, 0.3) is 0 Å². The molecule has 1 aromatic rings. The Hall–Kier alpha value is -2.57. The molecule has 4 unspecified atom stereocenters. The number of benzene rings is 1. The summed E-state index contributed by atoms with van der Waals surface area (Å²) in [6.45, 7) is 17.5. The third-order valence-electron chi connectivity index (χ3n) is 7.36. The first-order chi connectivity index (χ1) is 17.3. The summed E-state index contributed by atoms with van der Waals surface area (Å²) in [5.74, 6) is -0.541. The van der Waals surface area contributed by atoms with Crippen LogP contribution in [0.1, 0.15) is 110 Å². The summed E-state index contributed by atoms with van der Waals surface area (Å²) in [5, 5.41) is 6.01. The minimum absolute atomic E-state index is 0.00450. The highest BCUT2D eigenvalue weighted by atomic mass is 16.6. The molecule has 1 aliphatic carbocycles. The van der Waals surface area contributed by atoms with E-state index < -0.39 is 23.8 Å². The maximum absolute atomic E-state index is 14.3. The average Bonchev–Trinajstić information content (AvgIpc) is 2.76. The first-order valence-corrected chi connectivity index (χ1v) is 14.0. The van der Waals surface area contributed by atoms with Crippen LogP contribution >= 0.6 is 0 Å². The molecule has 3 amide bonds. The summed E-state index contributed by atoms with van der Waals surface area (Å²) in [4.78, 5) is 42.7. The van der Waals surface area contributed by atoms with Crippen LogP contribution in [0.3, 0.4) is 0 Å². The lowest BCUT2D eigenvalue weighted by atomic mass is 9.86. The monoisotopic (exact) mass is 515 g/mol. The standard InChI is InChI=1S/C30H49N3O4/c1-10-13-22(6)31-27(34)26(23-17-16-20(4)21(5)18-23)33(24-14-12-15-24)28(35)25(19(3)11-2)32-29(36)37-30(7,8)9/h16-19,22,24-26H,10-15H2,1-9H3,(H,31,34)(H,32,36). The maximum atomic E-state index is 14.3. The molecule has 1 aliphatic rings. The molecular weight excluding hydrogens is 466 g/mol. The summed E-state index contributed by atoms with van der Waals surface area (Å²) in [6, 6.07) is 4.35. The Bertz CT molecular complexity index is 935. The summed E-state index contributed by atoms with van der Waals surface area (Å²) < 4.78 is 5.49. The number of aryl methyl sites for hydroxylation is 2. The second kappa shape index (κ2) is 13.3. The Balaban J connectivity index is 2.54.